The molecule has 0 aliphatic carbocycles. The number of esters is 1. The Labute approximate surface area is 121 Å². The van der Waals surface area contributed by atoms with Gasteiger partial charge in [-0.25, -0.2) is 9.78 Å². The first-order valence-corrected chi connectivity index (χ1v) is 6.56. The zero-order valence-electron chi connectivity index (χ0n) is 11.5. The van der Waals surface area contributed by atoms with Gasteiger partial charge in [-0.2, -0.15) is 0 Å². The van der Waals surface area contributed by atoms with Gasteiger partial charge < -0.3 is 14.5 Å². The molecule has 0 amide bonds. The molecule has 0 fully saturated rings. The van der Waals surface area contributed by atoms with Gasteiger partial charge >= 0.3 is 5.97 Å². The smallest absolute Gasteiger partial charge is 0.340 e. The lowest BCUT2D eigenvalue weighted by Gasteiger charge is -2.07. The number of anilines is 1. The summed E-state index contributed by atoms with van der Waals surface area (Å²) in [6.45, 7) is 0.00552. The van der Waals surface area contributed by atoms with Crippen LogP contribution in [0, 0.1) is 0 Å². The Hall–Kier alpha value is -2.82. The Morgan fingerprint density at radius 3 is 2.76 bits per heavy atom. The second kappa shape index (κ2) is 5.66. The highest BCUT2D eigenvalue weighted by Crippen LogP contribution is 2.18. The first-order valence-electron chi connectivity index (χ1n) is 6.56. The van der Waals surface area contributed by atoms with Crippen LogP contribution in [-0.4, -0.2) is 18.0 Å². The molecule has 2 aromatic carbocycles. The number of para-hydroxylation sites is 3. The van der Waals surface area contributed by atoms with E-state index >= 15 is 0 Å². The fourth-order valence-corrected chi connectivity index (χ4v) is 2.07. The van der Waals surface area contributed by atoms with Crippen molar-refractivity contribution in [3.05, 3.63) is 60.0 Å². The Balaban J connectivity index is 1.73. The molecule has 0 spiro atoms. The summed E-state index contributed by atoms with van der Waals surface area (Å²) in [4.78, 5) is 16.3. The van der Waals surface area contributed by atoms with Gasteiger partial charge in [0, 0.05) is 12.7 Å². The van der Waals surface area contributed by atoms with Gasteiger partial charge in [-0.15, -0.1) is 0 Å². The normalized spacial score (nSPS) is 10.5. The molecule has 5 heteroatoms. The number of carbonyl (C=O) groups is 1. The Morgan fingerprint density at radius 2 is 1.95 bits per heavy atom. The summed E-state index contributed by atoms with van der Waals surface area (Å²) >= 11 is 0. The Morgan fingerprint density at radius 1 is 1.19 bits per heavy atom. The molecule has 0 aliphatic rings. The number of benzene rings is 2. The van der Waals surface area contributed by atoms with Crippen molar-refractivity contribution in [1.82, 2.24) is 4.98 Å². The van der Waals surface area contributed by atoms with Crippen LogP contribution in [0.4, 0.5) is 5.69 Å². The van der Waals surface area contributed by atoms with E-state index < -0.39 is 5.97 Å². The minimum atomic E-state index is -0.415. The number of nitrogens with zero attached hydrogens (tertiary/aromatic N) is 1. The minimum Gasteiger partial charge on any atom is -0.452 e. The maximum Gasteiger partial charge on any atom is 0.340 e. The fraction of sp³-hybridized carbons (Fsp3) is 0.125. The molecule has 3 aromatic rings. The van der Waals surface area contributed by atoms with Crippen LogP contribution in [0.2, 0.25) is 0 Å². The minimum absolute atomic E-state index is 0.00552. The van der Waals surface area contributed by atoms with E-state index in [1.807, 2.05) is 36.4 Å². The van der Waals surface area contributed by atoms with E-state index in [2.05, 4.69) is 10.3 Å². The number of nitrogens with one attached hydrogen (secondary N) is 1. The van der Waals surface area contributed by atoms with Crippen molar-refractivity contribution < 1.29 is 13.9 Å². The first-order chi connectivity index (χ1) is 10.3. The highest BCUT2D eigenvalue weighted by molar-refractivity contribution is 5.95. The number of carbonyl (C=O) groups excluding carboxylic acids is 1. The molecule has 0 atom stereocenters. The molecule has 106 valence electrons. The number of aromatic nitrogens is 1. The largest absolute Gasteiger partial charge is 0.452 e. The van der Waals surface area contributed by atoms with Gasteiger partial charge in [0.1, 0.15) is 5.52 Å². The van der Waals surface area contributed by atoms with Gasteiger partial charge in [0.2, 0.25) is 5.89 Å². The molecule has 0 saturated carbocycles. The lowest BCUT2D eigenvalue weighted by atomic mass is 10.2. The molecule has 1 aromatic heterocycles. The topological polar surface area (TPSA) is 64.4 Å². The summed E-state index contributed by atoms with van der Waals surface area (Å²) in [5, 5.41) is 2.96. The molecule has 0 saturated heterocycles. The van der Waals surface area contributed by atoms with E-state index in [1.54, 1.807) is 19.2 Å². The molecule has 1 heterocycles. The molecule has 21 heavy (non-hydrogen) atoms. The quantitative estimate of drug-likeness (QED) is 0.744. The third-order valence-corrected chi connectivity index (χ3v) is 3.08. The second-order valence-corrected chi connectivity index (χ2v) is 4.45. The van der Waals surface area contributed by atoms with Gasteiger partial charge in [0.25, 0.3) is 0 Å². The van der Waals surface area contributed by atoms with Crippen LogP contribution in [0.5, 0.6) is 0 Å². The SMILES string of the molecule is CNc1ccccc1C(=O)OCc1nc2ccccc2o1. The number of hydrogen-bond acceptors (Lipinski definition) is 5. The van der Waals surface area contributed by atoms with E-state index in [1.165, 1.54) is 0 Å². The molecule has 5 nitrogen and oxygen atoms in total. The molecule has 0 unspecified atom stereocenters. The van der Waals surface area contributed by atoms with E-state index in [0.29, 0.717) is 17.0 Å². The lowest BCUT2D eigenvalue weighted by molar-refractivity contribution is 0.0441. The number of oxazole rings is 1. The average molecular weight is 282 g/mol. The highest BCUT2D eigenvalue weighted by Gasteiger charge is 2.13. The zero-order chi connectivity index (χ0) is 14.7. The lowest BCUT2D eigenvalue weighted by Crippen LogP contribution is -2.08. The van der Waals surface area contributed by atoms with Crippen molar-refractivity contribution >= 4 is 22.8 Å². The molecule has 0 radical (unpaired) electrons. The number of hydrogen-bond donors (Lipinski definition) is 1. The standard InChI is InChI=1S/C16H14N2O3/c1-17-12-7-3-2-6-11(12)16(19)20-10-15-18-13-8-4-5-9-14(13)21-15/h2-9,17H,10H2,1H3. The molecular formula is C16H14N2O3. The predicted molar refractivity (Wildman–Crippen MR) is 79.1 cm³/mol. The fourth-order valence-electron chi connectivity index (χ4n) is 2.07. The van der Waals surface area contributed by atoms with Gasteiger partial charge in [-0.3, -0.25) is 0 Å². The van der Waals surface area contributed by atoms with Crippen LogP contribution >= 0.6 is 0 Å². The highest BCUT2D eigenvalue weighted by atomic mass is 16.5. The van der Waals surface area contributed by atoms with Crippen LogP contribution in [0.3, 0.4) is 0 Å². The van der Waals surface area contributed by atoms with Crippen molar-refractivity contribution in [1.29, 1.82) is 0 Å². The Kier molecular flexibility index (Phi) is 3.55. The van der Waals surface area contributed by atoms with Crippen LogP contribution < -0.4 is 5.32 Å². The van der Waals surface area contributed by atoms with Crippen LogP contribution in [0.1, 0.15) is 16.2 Å². The number of rotatable bonds is 4. The van der Waals surface area contributed by atoms with Gasteiger partial charge in [0.05, 0.1) is 5.56 Å². The third-order valence-electron chi connectivity index (χ3n) is 3.08. The summed E-state index contributed by atoms with van der Waals surface area (Å²) in [7, 11) is 1.76. The third kappa shape index (κ3) is 2.72. The number of ether oxygens (including phenoxy) is 1. The van der Waals surface area contributed by atoms with Crippen LogP contribution in [0.25, 0.3) is 11.1 Å². The molecule has 0 bridgehead atoms. The number of fused-ring (bicyclic) bond motifs is 1. The second-order valence-electron chi connectivity index (χ2n) is 4.45. The van der Waals surface area contributed by atoms with E-state index in [-0.39, 0.29) is 6.61 Å². The summed E-state index contributed by atoms with van der Waals surface area (Å²) in [5.74, 6) is -0.0336. The van der Waals surface area contributed by atoms with Crippen molar-refractivity contribution in [3.63, 3.8) is 0 Å². The molecule has 0 aliphatic heterocycles. The van der Waals surface area contributed by atoms with Crippen molar-refractivity contribution in [2.24, 2.45) is 0 Å². The van der Waals surface area contributed by atoms with E-state index in [0.717, 1.165) is 11.2 Å². The molecular weight excluding hydrogens is 268 g/mol. The maximum absolute atomic E-state index is 12.1. The monoisotopic (exact) mass is 282 g/mol. The Bertz CT molecular complexity index is 747. The van der Waals surface area contributed by atoms with Crippen molar-refractivity contribution in [2.75, 3.05) is 12.4 Å². The van der Waals surface area contributed by atoms with Crippen molar-refractivity contribution in [3.8, 4) is 0 Å². The summed E-state index contributed by atoms with van der Waals surface area (Å²) < 4.78 is 10.8. The van der Waals surface area contributed by atoms with Gasteiger partial charge in [-0.1, -0.05) is 24.3 Å². The zero-order valence-corrected chi connectivity index (χ0v) is 11.5. The van der Waals surface area contributed by atoms with Crippen molar-refractivity contribution in [2.45, 2.75) is 6.61 Å². The summed E-state index contributed by atoms with van der Waals surface area (Å²) in [6, 6.07) is 14.6. The van der Waals surface area contributed by atoms with E-state index in [9.17, 15) is 4.79 Å². The maximum atomic E-state index is 12.1. The summed E-state index contributed by atoms with van der Waals surface area (Å²) in [6.07, 6.45) is 0. The molecule has 3 rings (SSSR count). The van der Waals surface area contributed by atoms with Crippen LogP contribution in [-0.2, 0) is 11.3 Å². The first kappa shape index (κ1) is 13.2. The van der Waals surface area contributed by atoms with Gasteiger partial charge in [-0.05, 0) is 24.3 Å². The van der Waals surface area contributed by atoms with Gasteiger partial charge in [0.15, 0.2) is 12.2 Å². The average Bonchev–Trinajstić information content (AvgIpc) is 2.95. The predicted octanol–water partition coefficient (Wildman–Crippen LogP) is 3.23. The van der Waals surface area contributed by atoms with Crippen LogP contribution in [0.15, 0.2) is 52.9 Å². The van der Waals surface area contributed by atoms with E-state index in [4.69, 9.17) is 9.15 Å². The molecule has 1 N–H and O–H groups in total. The summed E-state index contributed by atoms with van der Waals surface area (Å²) in [5.41, 5.74) is 2.63.